The Morgan fingerprint density at radius 2 is 1.04 bits per heavy atom. The molecular formula is C46H35IrN6-. The largest absolute Gasteiger partial charge is 0.314 e. The van der Waals surface area contributed by atoms with Crippen molar-refractivity contribution < 1.29 is 20.1 Å². The van der Waals surface area contributed by atoms with Crippen LogP contribution in [0.15, 0.2) is 158 Å². The minimum absolute atomic E-state index is 0. The van der Waals surface area contributed by atoms with Gasteiger partial charge in [-0.2, -0.15) is 5.10 Å². The molecule has 1 radical (unpaired) electrons. The van der Waals surface area contributed by atoms with Gasteiger partial charge in [-0.1, -0.05) is 103 Å². The van der Waals surface area contributed by atoms with Crippen molar-refractivity contribution in [2.24, 2.45) is 0 Å². The predicted octanol–water partition coefficient (Wildman–Crippen LogP) is 10.8. The van der Waals surface area contributed by atoms with Crippen LogP contribution in [0.3, 0.4) is 0 Å². The molecule has 0 atom stereocenters. The van der Waals surface area contributed by atoms with Gasteiger partial charge in [0.1, 0.15) is 0 Å². The summed E-state index contributed by atoms with van der Waals surface area (Å²) in [6.45, 7) is 6.15. The molecule has 4 heterocycles. The molecule has 0 N–H and O–H groups in total. The van der Waals surface area contributed by atoms with Crippen LogP contribution in [0.4, 0.5) is 0 Å². The van der Waals surface area contributed by atoms with E-state index in [-0.39, 0.29) is 20.1 Å². The van der Waals surface area contributed by atoms with Crippen LogP contribution in [0, 0.1) is 26.8 Å². The van der Waals surface area contributed by atoms with Crippen molar-refractivity contribution in [2.75, 3.05) is 0 Å². The molecule has 0 aliphatic rings. The molecule has 4 aromatic heterocycles. The van der Waals surface area contributed by atoms with E-state index in [0.29, 0.717) is 0 Å². The standard InChI is InChI=1S/C24H16N2.C22H19N4.Ir/c1-3-7-17(8-4-1)19-13-15-25-23-21(19)11-12-22-20(14-16-26-24(22)23)18-9-5-2-6-10-18;1-15-14-16(2)23-17(3)20(15)26-21(18-10-6-4-7-11-18)24-25-22(26)19-12-8-5-9-13-19;/h1-16H;4-12,14H,1-3H3;/q;-1;. The molecule has 7 heteroatoms. The number of hydrogen-bond donors (Lipinski definition) is 0. The molecule has 0 saturated carbocycles. The molecule has 0 aliphatic heterocycles. The molecule has 0 saturated heterocycles. The third kappa shape index (κ3) is 7.05. The van der Waals surface area contributed by atoms with E-state index in [1.807, 2.05) is 93.0 Å². The molecule has 0 unspecified atom stereocenters. The summed E-state index contributed by atoms with van der Waals surface area (Å²) >= 11 is 0. The molecule has 0 spiro atoms. The van der Waals surface area contributed by atoms with E-state index in [1.54, 1.807) is 0 Å². The first kappa shape index (κ1) is 35.3. The Morgan fingerprint density at radius 1 is 0.528 bits per heavy atom. The van der Waals surface area contributed by atoms with E-state index in [1.165, 1.54) is 22.3 Å². The van der Waals surface area contributed by atoms with E-state index in [9.17, 15) is 0 Å². The van der Waals surface area contributed by atoms with Crippen molar-refractivity contribution in [2.45, 2.75) is 20.8 Å². The summed E-state index contributed by atoms with van der Waals surface area (Å²) in [5, 5.41) is 11.3. The summed E-state index contributed by atoms with van der Waals surface area (Å²) < 4.78 is 2.10. The van der Waals surface area contributed by atoms with Gasteiger partial charge in [-0.3, -0.25) is 15.0 Å². The monoisotopic (exact) mass is 864 g/mol. The Bertz CT molecular complexity index is 2460. The number of hydrogen-bond acceptors (Lipinski definition) is 5. The topological polar surface area (TPSA) is 69.4 Å². The van der Waals surface area contributed by atoms with Gasteiger partial charge in [-0.15, -0.1) is 41.0 Å². The molecular weight excluding hydrogens is 829 g/mol. The maximum atomic E-state index is 4.67. The van der Waals surface area contributed by atoms with Crippen LogP contribution < -0.4 is 0 Å². The summed E-state index contributed by atoms with van der Waals surface area (Å²) in [6, 6.07) is 52.6. The summed E-state index contributed by atoms with van der Waals surface area (Å²) in [4.78, 5) is 14.0. The fourth-order valence-electron chi connectivity index (χ4n) is 6.90. The van der Waals surface area contributed by atoms with Gasteiger partial charge in [0, 0.05) is 54.5 Å². The fraction of sp³-hybridized carbons (Fsp3) is 0.0652. The molecule has 0 amide bonds. The fourth-order valence-corrected chi connectivity index (χ4v) is 6.90. The number of rotatable bonds is 5. The van der Waals surface area contributed by atoms with Gasteiger partial charge < -0.3 is 4.57 Å². The van der Waals surface area contributed by atoms with Crippen LogP contribution in [0.2, 0.25) is 0 Å². The van der Waals surface area contributed by atoms with E-state index in [2.05, 4.69) is 122 Å². The van der Waals surface area contributed by atoms with Gasteiger partial charge in [0.25, 0.3) is 0 Å². The zero-order chi connectivity index (χ0) is 35.4. The second kappa shape index (κ2) is 15.6. The Morgan fingerprint density at radius 3 is 1.55 bits per heavy atom. The number of pyridine rings is 3. The molecule has 0 fully saturated rings. The first-order valence-electron chi connectivity index (χ1n) is 17.3. The average Bonchev–Trinajstić information content (AvgIpc) is 3.63. The number of fused-ring (bicyclic) bond motifs is 3. The van der Waals surface area contributed by atoms with Gasteiger partial charge in [0.15, 0.2) is 5.82 Å². The molecule has 6 nitrogen and oxygen atoms in total. The number of nitrogens with zero attached hydrogens (tertiary/aromatic N) is 6. The van der Waals surface area contributed by atoms with Crippen LogP contribution >= 0.6 is 0 Å². The van der Waals surface area contributed by atoms with Crippen molar-refractivity contribution in [3.63, 3.8) is 0 Å². The Hall–Kier alpha value is -6.14. The predicted molar refractivity (Wildman–Crippen MR) is 211 cm³/mol. The summed E-state index contributed by atoms with van der Waals surface area (Å²) in [7, 11) is 0. The third-order valence-electron chi connectivity index (χ3n) is 9.15. The summed E-state index contributed by atoms with van der Waals surface area (Å²) in [5.74, 6) is 1.57. The molecule has 0 bridgehead atoms. The molecule has 0 aliphatic carbocycles. The second-order valence-electron chi connectivity index (χ2n) is 12.6. The maximum absolute atomic E-state index is 4.67. The average molecular weight is 864 g/mol. The van der Waals surface area contributed by atoms with E-state index in [4.69, 9.17) is 0 Å². The molecule has 9 rings (SSSR count). The van der Waals surface area contributed by atoms with E-state index >= 15 is 0 Å². The zero-order valence-electron chi connectivity index (χ0n) is 29.5. The Kier molecular flexibility index (Phi) is 10.4. The minimum atomic E-state index is 0. The minimum Gasteiger partial charge on any atom is -0.314 e. The van der Waals surface area contributed by atoms with Crippen LogP contribution in [0.1, 0.15) is 17.0 Å². The SMILES string of the molecule is Cc1cc(C)c(-n2c(-c3[c-]cccc3)nnc2-c2ccccc2)c(C)n1.[Ir].c1ccc(-c2ccnc3c2ccc2c(-c4ccccc4)ccnc23)cc1. The number of aromatic nitrogens is 6. The van der Waals surface area contributed by atoms with Gasteiger partial charge in [-0.25, -0.2) is 0 Å². The number of benzene rings is 5. The van der Waals surface area contributed by atoms with Crippen molar-refractivity contribution in [3.05, 3.63) is 181 Å². The van der Waals surface area contributed by atoms with Gasteiger partial charge in [-0.05, 0) is 66.8 Å². The molecule has 53 heavy (non-hydrogen) atoms. The summed E-state index contributed by atoms with van der Waals surface area (Å²) in [5.41, 5.74) is 12.7. The molecule has 259 valence electrons. The van der Waals surface area contributed by atoms with Crippen molar-refractivity contribution in [1.82, 2.24) is 29.7 Å². The van der Waals surface area contributed by atoms with Crippen molar-refractivity contribution in [3.8, 4) is 50.7 Å². The molecule has 5 aromatic carbocycles. The van der Waals surface area contributed by atoms with Gasteiger partial charge in [0.05, 0.1) is 28.2 Å². The quantitative estimate of drug-likeness (QED) is 0.127. The van der Waals surface area contributed by atoms with Crippen LogP contribution in [0.5, 0.6) is 0 Å². The summed E-state index contributed by atoms with van der Waals surface area (Å²) in [6.07, 6.45) is 3.75. The van der Waals surface area contributed by atoms with Crippen molar-refractivity contribution in [1.29, 1.82) is 0 Å². The Labute approximate surface area is 322 Å². The van der Waals surface area contributed by atoms with Crippen LogP contribution in [-0.4, -0.2) is 29.7 Å². The van der Waals surface area contributed by atoms with Crippen molar-refractivity contribution >= 4 is 21.8 Å². The van der Waals surface area contributed by atoms with Gasteiger partial charge >= 0.3 is 0 Å². The normalized spacial score (nSPS) is 10.8. The molecule has 9 aromatic rings. The maximum Gasteiger partial charge on any atom is 0.159 e. The Balaban J connectivity index is 0.000000161. The van der Waals surface area contributed by atoms with E-state index in [0.717, 1.165) is 67.2 Å². The van der Waals surface area contributed by atoms with E-state index < -0.39 is 0 Å². The first-order valence-corrected chi connectivity index (χ1v) is 17.3. The zero-order valence-corrected chi connectivity index (χ0v) is 31.9. The third-order valence-corrected chi connectivity index (χ3v) is 9.15. The number of aryl methyl sites for hydroxylation is 3. The second-order valence-corrected chi connectivity index (χ2v) is 12.6. The smallest absolute Gasteiger partial charge is 0.159 e. The van der Waals surface area contributed by atoms with Crippen LogP contribution in [0.25, 0.3) is 72.5 Å². The van der Waals surface area contributed by atoms with Gasteiger partial charge in [0.2, 0.25) is 0 Å². The van der Waals surface area contributed by atoms with Crippen LogP contribution in [-0.2, 0) is 20.1 Å². The first-order chi connectivity index (χ1) is 25.6.